The number of rotatable bonds is 2. The number of thiophene rings is 1. The molecule has 0 amide bonds. The maximum absolute atomic E-state index is 14.2. The van der Waals surface area contributed by atoms with Crippen molar-refractivity contribution in [3.8, 4) is 22.4 Å². The normalized spacial score (nSPS) is 10.9. The summed E-state index contributed by atoms with van der Waals surface area (Å²) in [6.45, 7) is 1.99. The van der Waals surface area contributed by atoms with E-state index in [1.54, 1.807) is 23.5 Å². The molecule has 0 radical (unpaired) electrons. The number of nitrogen functional groups attached to an aromatic ring is 1. The Bertz CT molecular complexity index is 779. The van der Waals surface area contributed by atoms with Crippen molar-refractivity contribution >= 4 is 28.8 Å². The SMILES string of the molecule is Cc1cscc1-c1[nH]nc(N)c1-c1cccc(Cl)c1F. The van der Waals surface area contributed by atoms with Crippen LogP contribution in [-0.2, 0) is 0 Å². The van der Waals surface area contributed by atoms with Gasteiger partial charge < -0.3 is 5.73 Å². The largest absolute Gasteiger partial charge is 0.382 e. The standard InChI is InChI=1S/C14H11ClFN3S/c1-7-5-20-6-9(7)13-11(14(17)19-18-13)8-3-2-4-10(15)12(8)16/h2-6H,1H3,(H3,17,18,19). The van der Waals surface area contributed by atoms with Crippen molar-refractivity contribution in [3.63, 3.8) is 0 Å². The third kappa shape index (κ3) is 1.99. The van der Waals surface area contributed by atoms with Gasteiger partial charge in [0.05, 0.1) is 16.3 Å². The fourth-order valence-corrected chi connectivity index (χ4v) is 3.15. The number of nitrogens with two attached hydrogens (primary N) is 1. The van der Waals surface area contributed by atoms with Crippen LogP contribution in [0.3, 0.4) is 0 Å². The molecule has 0 unspecified atom stereocenters. The lowest BCUT2D eigenvalue weighted by Gasteiger charge is -2.06. The van der Waals surface area contributed by atoms with Crippen molar-refractivity contribution in [2.75, 3.05) is 5.73 Å². The maximum atomic E-state index is 14.2. The number of anilines is 1. The van der Waals surface area contributed by atoms with Crippen molar-refractivity contribution in [2.45, 2.75) is 6.92 Å². The van der Waals surface area contributed by atoms with Crippen LogP contribution in [0, 0.1) is 12.7 Å². The highest BCUT2D eigenvalue weighted by atomic mass is 35.5. The van der Waals surface area contributed by atoms with Gasteiger partial charge in [0.1, 0.15) is 5.82 Å². The van der Waals surface area contributed by atoms with Gasteiger partial charge >= 0.3 is 0 Å². The van der Waals surface area contributed by atoms with E-state index in [0.29, 0.717) is 16.8 Å². The molecular weight excluding hydrogens is 297 g/mol. The summed E-state index contributed by atoms with van der Waals surface area (Å²) < 4.78 is 14.2. The predicted octanol–water partition coefficient (Wildman–Crippen LogP) is 4.49. The fraction of sp³-hybridized carbons (Fsp3) is 0.0714. The Kier molecular flexibility index (Phi) is 3.23. The molecule has 2 heterocycles. The van der Waals surface area contributed by atoms with E-state index in [1.807, 2.05) is 17.7 Å². The van der Waals surface area contributed by atoms with Crippen LogP contribution in [0.25, 0.3) is 22.4 Å². The van der Waals surface area contributed by atoms with Crippen LogP contribution in [0.5, 0.6) is 0 Å². The number of nitrogens with one attached hydrogen (secondary N) is 1. The maximum Gasteiger partial charge on any atom is 0.153 e. The lowest BCUT2D eigenvalue weighted by atomic mass is 10.0. The summed E-state index contributed by atoms with van der Waals surface area (Å²) >= 11 is 7.42. The van der Waals surface area contributed by atoms with E-state index in [0.717, 1.165) is 11.1 Å². The van der Waals surface area contributed by atoms with Crippen molar-refractivity contribution in [3.05, 3.63) is 45.4 Å². The molecule has 3 aromatic rings. The van der Waals surface area contributed by atoms with Crippen molar-refractivity contribution in [1.82, 2.24) is 10.2 Å². The summed E-state index contributed by atoms with van der Waals surface area (Å²) in [7, 11) is 0. The Morgan fingerprint density at radius 1 is 1.30 bits per heavy atom. The van der Waals surface area contributed by atoms with Crippen LogP contribution < -0.4 is 5.73 Å². The molecule has 0 fully saturated rings. The number of halogens is 2. The summed E-state index contributed by atoms with van der Waals surface area (Å²) in [4.78, 5) is 0. The molecule has 102 valence electrons. The Morgan fingerprint density at radius 2 is 2.10 bits per heavy atom. The summed E-state index contributed by atoms with van der Waals surface area (Å²) in [6, 6.07) is 4.84. The van der Waals surface area contributed by atoms with Gasteiger partial charge in [0.25, 0.3) is 0 Å². The molecule has 0 bridgehead atoms. The number of aryl methyl sites for hydroxylation is 1. The first-order valence-electron chi connectivity index (χ1n) is 5.91. The van der Waals surface area contributed by atoms with Gasteiger partial charge in [-0.15, -0.1) is 0 Å². The zero-order chi connectivity index (χ0) is 14.3. The molecule has 3 N–H and O–H groups in total. The molecule has 6 heteroatoms. The van der Waals surface area contributed by atoms with Gasteiger partial charge in [0.15, 0.2) is 5.82 Å². The number of H-pyrrole nitrogens is 1. The first-order valence-corrected chi connectivity index (χ1v) is 7.23. The minimum atomic E-state index is -0.489. The lowest BCUT2D eigenvalue weighted by Crippen LogP contribution is -1.92. The average molecular weight is 308 g/mol. The summed E-state index contributed by atoms with van der Waals surface area (Å²) in [5, 5.41) is 11.0. The minimum Gasteiger partial charge on any atom is -0.382 e. The summed E-state index contributed by atoms with van der Waals surface area (Å²) in [5.74, 6) is -0.233. The van der Waals surface area contributed by atoms with Gasteiger partial charge in [-0.25, -0.2) is 4.39 Å². The second-order valence-electron chi connectivity index (χ2n) is 4.43. The van der Waals surface area contributed by atoms with Gasteiger partial charge in [-0.1, -0.05) is 23.7 Å². The monoisotopic (exact) mass is 307 g/mol. The first-order chi connectivity index (χ1) is 9.59. The molecule has 0 aliphatic carbocycles. The van der Waals surface area contributed by atoms with E-state index in [9.17, 15) is 4.39 Å². The fourth-order valence-electron chi connectivity index (χ4n) is 2.14. The topological polar surface area (TPSA) is 54.7 Å². The predicted molar refractivity (Wildman–Crippen MR) is 81.5 cm³/mol. The number of hydrogen-bond donors (Lipinski definition) is 2. The molecule has 1 aromatic carbocycles. The zero-order valence-corrected chi connectivity index (χ0v) is 12.1. The molecule has 0 spiro atoms. The summed E-state index contributed by atoms with van der Waals surface area (Å²) in [6.07, 6.45) is 0. The van der Waals surface area contributed by atoms with Gasteiger partial charge in [-0.2, -0.15) is 16.4 Å². The Balaban J connectivity index is 2.27. The second-order valence-corrected chi connectivity index (χ2v) is 5.58. The number of hydrogen-bond acceptors (Lipinski definition) is 3. The van der Waals surface area contributed by atoms with Crippen molar-refractivity contribution in [2.24, 2.45) is 0 Å². The number of aromatic nitrogens is 2. The van der Waals surface area contributed by atoms with Gasteiger partial charge in [0, 0.05) is 16.5 Å². The van der Waals surface area contributed by atoms with Crippen LogP contribution in [-0.4, -0.2) is 10.2 Å². The third-order valence-corrected chi connectivity index (χ3v) is 4.29. The molecule has 0 saturated heterocycles. The molecule has 0 atom stereocenters. The van der Waals surface area contributed by atoms with Crippen LogP contribution >= 0.6 is 22.9 Å². The zero-order valence-electron chi connectivity index (χ0n) is 10.6. The third-order valence-electron chi connectivity index (χ3n) is 3.14. The highest BCUT2D eigenvalue weighted by molar-refractivity contribution is 7.08. The molecular formula is C14H11ClFN3S. The van der Waals surface area contributed by atoms with Gasteiger partial charge in [-0.3, -0.25) is 5.10 Å². The van der Waals surface area contributed by atoms with Crippen molar-refractivity contribution in [1.29, 1.82) is 0 Å². The summed E-state index contributed by atoms with van der Waals surface area (Å²) in [5.41, 5.74) is 9.56. The lowest BCUT2D eigenvalue weighted by molar-refractivity contribution is 0.632. The molecule has 0 aliphatic rings. The average Bonchev–Trinajstić information content (AvgIpc) is 2.99. The molecule has 3 rings (SSSR count). The molecule has 2 aromatic heterocycles. The van der Waals surface area contributed by atoms with E-state index in [1.165, 1.54) is 6.07 Å². The highest BCUT2D eigenvalue weighted by Gasteiger charge is 2.20. The van der Waals surface area contributed by atoms with Gasteiger partial charge in [0.2, 0.25) is 0 Å². The van der Waals surface area contributed by atoms with E-state index in [2.05, 4.69) is 10.2 Å². The van der Waals surface area contributed by atoms with Crippen molar-refractivity contribution < 1.29 is 4.39 Å². The smallest absolute Gasteiger partial charge is 0.153 e. The molecule has 0 saturated carbocycles. The Morgan fingerprint density at radius 3 is 2.80 bits per heavy atom. The Labute approximate surface area is 124 Å². The van der Waals surface area contributed by atoms with E-state index in [4.69, 9.17) is 17.3 Å². The van der Waals surface area contributed by atoms with E-state index < -0.39 is 5.82 Å². The van der Waals surface area contributed by atoms with E-state index in [-0.39, 0.29) is 10.8 Å². The number of nitrogens with zero attached hydrogens (tertiary/aromatic N) is 1. The number of benzene rings is 1. The number of aromatic amines is 1. The minimum absolute atomic E-state index is 0.0658. The van der Waals surface area contributed by atoms with Crippen LogP contribution in [0.1, 0.15) is 5.56 Å². The van der Waals surface area contributed by atoms with Crippen LogP contribution in [0.2, 0.25) is 5.02 Å². The first kappa shape index (κ1) is 13.1. The molecule has 3 nitrogen and oxygen atoms in total. The van der Waals surface area contributed by atoms with Crippen LogP contribution in [0.15, 0.2) is 29.0 Å². The van der Waals surface area contributed by atoms with Gasteiger partial charge in [-0.05, 0) is 23.9 Å². The Hall–Kier alpha value is -1.85. The van der Waals surface area contributed by atoms with Crippen LogP contribution in [0.4, 0.5) is 10.2 Å². The highest BCUT2D eigenvalue weighted by Crippen LogP contribution is 2.39. The molecule has 0 aliphatic heterocycles. The quantitative estimate of drug-likeness (QED) is 0.733. The molecule has 20 heavy (non-hydrogen) atoms. The second kappa shape index (κ2) is 4.92. The van der Waals surface area contributed by atoms with E-state index >= 15 is 0 Å².